The van der Waals surface area contributed by atoms with Crippen LogP contribution in [0, 0.1) is 0 Å². The lowest BCUT2D eigenvalue weighted by molar-refractivity contribution is 0.616. The van der Waals surface area contributed by atoms with Crippen LogP contribution in [0.3, 0.4) is 0 Å². The maximum absolute atomic E-state index is 11.9. The van der Waals surface area contributed by atoms with Gasteiger partial charge in [0.1, 0.15) is 0 Å². The van der Waals surface area contributed by atoms with Gasteiger partial charge < -0.3 is 0 Å². The second kappa shape index (κ2) is 5.43. The van der Waals surface area contributed by atoms with Crippen LogP contribution in [0.4, 0.5) is 0 Å². The summed E-state index contributed by atoms with van der Waals surface area (Å²) < 4.78 is 15.8. The maximum Gasteiger partial charge on any atom is 0.0975 e. The number of rotatable bonds is 3. The van der Waals surface area contributed by atoms with Gasteiger partial charge >= 0.3 is 0 Å². The Morgan fingerprint density at radius 2 is 1.75 bits per heavy atom. The van der Waals surface area contributed by atoms with E-state index in [2.05, 4.69) is 20.7 Å². The average molecular weight is 304 g/mol. The highest BCUT2D eigenvalue weighted by Gasteiger charge is 2.21. The smallest absolute Gasteiger partial charge is 0.0975 e. The fourth-order valence-electron chi connectivity index (χ4n) is 1.16. The SMILES string of the molecule is C[C@@H](NS(=O)C(C)(C)C)c1ccc(Br)cc1. The van der Waals surface area contributed by atoms with Crippen molar-refractivity contribution in [1.29, 1.82) is 0 Å². The first kappa shape index (κ1) is 13.9. The van der Waals surface area contributed by atoms with Crippen LogP contribution in [0.1, 0.15) is 39.3 Å². The molecular weight excluding hydrogens is 286 g/mol. The van der Waals surface area contributed by atoms with E-state index in [-0.39, 0.29) is 10.8 Å². The summed E-state index contributed by atoms with van der Waals surface area (Å²) in [4.78, 5) is 0. The van der Waals surface area contributed by atoms with E-state index in [1.54, 1.807) is 0 Å². The third-order valence-corrected chi connectivity index (χ3v) is 4.42. The Bertz CT molecular complexity index is 370. The summed E-state index contributed by atoms with van der Waals surface area (Å²) in [6, 6.07) is 8.14. The van der Waals surface area contributed by atoms with E-state index >= 15 is 0 Å². The minimum Gasteiger partial charge on any atom is -0.242 e. The molecule has 0 aliphatic heterocycles. The Hall–Kier alpha value is -0.190. The van der Waals surface area contributed by atoms with Gasteiger partial charge in [0.15, 0.2) is 0 Å². The highest BCUT2D eigenvalue weighted by molar-refractivity contribution is 9.10. The molecule has 1 N–H and O–H groups in total. The second-order valence-corrected chi connectivity index (χ2v) is 7.69. The van der Waals surface area contributed by atoms with Gasteiger partial charge in [0.25, 0.3) is 0 Å². The first-order valence-electron chi connectivity index (χ1n) is 5.24. The van der Waals surface area contributed by atoms with E-state index in [1.165, 1.54) is 0 Å². The largest absolute Gasteiger partial charge is 0.242 e. The molecule has 0 spiro atoms. The van der Waals surface area contributed by atoms with E-state index in [4.69, 9.17) is 0 Å². The van der Waals surface area contributed by atoms with Gasteiger partial charge in [0.05, 0.1) is 15.7 Å². The molecule has 4 heteroatoms. The van der Waals surface area contributed by atoms with Gasteiger partial charge in [-0.2, -0.15) is 0 Å². The summed E-state index contributed by atoms with van der Waals surface area (Å²) in [7, 11) is -1.03. The van der Waals surface area contributed by atoms with E-state index < -0.39 is 11.0 Å². The van der Waals surface area contributed by atoms with E-state index in [0.717, 1.165) is 10.0 Å². The van der Waals surface area contributed by atoms with E-state index in [0.29, 0.717) is 0 Å². The molecule has 0 amide bonds. The van der Waals surface area contributed by atoms with Crippen LogP contribution in [0.2, 0.25) is 0 Å². The Morgan fingerprint density at radius 3 is 2.19 bits per heavy atom. The molecule has 2 atom stereocenters. The first-order chi connectivity index (χ1) is 7.30. The Balaban J connectivity index is 2.69. The fourth-order valence-corrected chi connectivity index (χ4v) is 2.23. The van der Waals surface area contributed by atoms with Crippen molar-refractivity contribution in [3.8, 4) is 0 Å². The lowest BCUT2D eigenvalue weighted by Crippen LogP contribution is -2.34. The van der Waals surface area contributed by atoms with Gasteiger partial charge in [-0.1, -0.05) is 28.1 Å². The van der Waals surface area contributed by atoms with Crippen molar-refractivity contribution in [1.82, 2.24) is 4.72 Å². The zero-order valence-corrected chi connectivity index (χ0v) is 12.5. The third kappa shape index (κ3) is 4.00. The van der Waals surface area contributed by atoms with Gasteiger partial charge in [-0.3, -0.25) is 0 Å². The summed E-state index contributed by atoms with van der Waals surface area (Å²) in [5.41, 5.74) is 1.14. The van der Waals surface area contributed by atoms with Crippen molar-refractivity contribution in [2.45, 2.75) is 38.5 Å². The van der Waals surface area contributed by atoms with Gasteiger partial charge in [0, 0.05) is 10.5 Å². The van der Waals surface area contributed by atoms with Crippen LogP contribution in [0.25, 0.3) is 0 Å². The van der Waals surface area contributed by atoms with Gasteiger partial charge in [-0.25, -0.2) is 8.93 Å². The summed E-state index contributed by atoms with van der Waals surface area (Å²) in [6.07, 6.45) is 0. The average Bonchev–Trinajstić information content (AvgIpc) is 2.17. The Labute approximate surface area is 109 Å². The van der Waals surface area contributed by atoms with Gasteiger partial charge in [-0.05, 0) is 45.4 Å². The van der Waals surface area contributed by atoms with Gasteiger partial charge in [-0.15, -0.1) is 0 Å². The zero-order valence-electron chi connectivity index (χ0n) is 10.1. The standard InChI is InChI=1S/C12H18BrNOS/c1-9(14-16(15)12(2,3)4)10-5-7-11(13)8-6-10/h5-9,14H,1-4H3/t9-,16?/m1/s1. The predicted octanol–water partition coefficient (Wildman–Crippen LogP) is 3.56. The molecule has 1 unspecified atom stereocenters. The first-order valence-corrected chi connectivity index (χ1v) is 7.18. The van der Waals surface area contributed by atoms with Crippen molar-refractivity contribution in [2.75, 3.05) is 0 Å². The molecule has 1 rings (SSSR count). The van der Waals surface area contributed by atoms with Crippen LogP contribution in [0.15, 0.2) is 28.7 Å². The number of benzene rings is 1. The molecule has 0 bridgehead atoms. The Kier molecular flexibility index (Phi) is 4.71. The molecule has 1 aromatic rings. The molecule has 90 valence electrons. The number of hydrogen-bond donors (Lipinski definition) is 1. The fraction of sp³-hybridized carbons (Fsp3) is 0.500. The monoisotopic (exact) mass is 303 g/mol. The topological polar surface area (TPSA) is 29.1 Å². The molecule has 2 nitrogen and oxygen atoms in total. The van der Waals surface area contributed by atoms with Crippen molar-refractivity contribution in [2.24, 2.45) is 0 Å². The summed E-state index contributed by atoms with van der Waals surface area (Å²) in [5.74, 6) is 0. The highest BCUT2D eigenvalue weighted by atomic mass is 79.9. The molecule has 1 aromatic carbocycles. The number of halogens is 1. The van der Waals surface area contributed by atoms with Crippen molar-refractivity contribution in [3.05, 3.63) is 34.3 Å². The van der Waals surface area contributed by atoms with Crippen LogP contribution in [-0.2, 0) is 11.0 Å². The van der Waals surface area contributed by atoms with Crippen LogP contribution in [-0.4, -0.2) is 8.96 Å². The second-order valence-electron chi connectivity index (χ2n) is 4.77. The van der Waals surface area contributed by atoms with Crippen molar-refractivity contribution >= 4 is 26.9 Å². The highest BCUT2D eigenvalue weighted by Crippen LogP contribution is 2.19. The maximum atomic E-state index is 11.9. The van der Waals surface area contributed by atoms with Crippen LogP contribution in [0.5, 0.6) is 0 Å². The lowest BCUT2D eigenvalue weighted by Gasteiger charge is -2.22. The number of hydrogen-bond acceptors (Lipinski definition) is 1. The van der Waals surface area contributed by atoms with Crippen molar-refractivity contribution < 1.29 is 4.21 Å². The summed E-state index contributed by atoms with van der Waals surface area (Å²) in [6.45, 7) is 7.91. The molecule has 0 fully saturated rings. The molecule has 0 heterocycles. The third-order valence-electron chi connectivity index (χ3n) is 2.21. The molecular formula is C12H18BrNOS. The van der Waals surface area contributed by atoms with E-state index in [1.807, 2.05) is 52.0 Å². The number of nitrogens with one attached hydrogen (secondary N) is 1. The zero-order chi connectivity index (χ0) is 12.3. The molecule has 16 heavy (non-hydrogen) atoms. The van der Waals surface area contributed by atoms with Crippen molar-refractivity contribution in [3.63, 3.8) is 0 Å². The van der Waals surface area contributed by atoms with E-state index in [9.17, 15) is 4.21 Å². The summed E-state index contributed by atoms with van der Waals surface area (Å²) in [5, 5.41) is 0. The molecule has 0 aromatic heterocycles. The molecule has 0 saturated carbocycles. The normalized spacial score (nSPS) is 15.8. The minimum atomic E-state index is -1.03. The molecule has 0 aliphatic rings. The van der Waals surface area contributed by atoms with Crippen LogP contribution < -0.4 is 4.72 Å². The van der Waals surface area contributed by atoms with Gasteiger partial charge in [0.2, 0.25) is 0 Å². The Morgan fingerprint density at radius 1 is 1.25 bits per heavy atom. The quantitative estimate of drug-likeness (QED) is 0.909. The van der Waals surface area contributed by atoms with Crippen LogP contribution >= 0.6 is 15.9 Å². The predicted molar refractivity (Wildman–Crippen MR) is 73.6 cm³/mol. The molecule has 0 saturated heterocycles. The lowest BCUT2D eigenvalue weighted by atomic mass is 10.1. The minimum absolute atomic E-state index is 0.0909. The summed E-state index contributed by atoms with van der Waals surface area (Å²) >= 11 is 3.40. The molecule has 0 aliphatic carbocycles. The molecule has 0 radical (unpaired) electrons.